The number of hydrogen-bond donors (Lipinski definition) is 2. The Kier molecular flexibility index (Phi) is 2.25. The van der Waals surface area contributed by atoms with Crippen LogP contribution in [0.2, 0.25) is 0 Å². The molecule has 0 radical (unpaired) electrons. The Labute approximate surface area is 85.5 Å². The normalized spacial score (nSPS) is 10.4. The fourth-order valence-corrected chi connectivity index (χ4v) is 1.55. The van der Waals surface area contributed by atoms with Crippen molar-refractivity contribution in [3.05, 3.63) is 36.0 Å². The monoisotopic (exact) mass is 203 g/mol. The Balaban J connectivity index is 2.47. The van der Waals surface area contributed by atoms with E-state index in [-0.39, 0.29) is 5.78 Å². The van der Waals surface area contributed by atoms with Gasteiger partial charge in [0.25, 0.3) is 0 Å². The summed E-state index contributed by atoms with van der Waals surface area (Å²) in [4.78, 5) is 24.9. The van der Waals surface area contributed by atoms with Crippen molar-refractivity contribution in [2.75, 3.05) is 0 Å². The fraction of sp³-hybridized carbons (Fsp3) is 0.0909. The van der Waals surface area contributed by atoms with Crippen molar-refractivity contribution in [1.29, 1.82) is 0 Å². The number of aliphatic carboxylic acids is 1. The molecule has 0 saturated heterocycles. The molecule has 1 aromatic heterocycles. The molecule has 0 saturated carbocycles. The zero-order chi connectivity index (χ0) is 10.8. The predicted octanol–water partition coefficient (Wildman–Crippen LogP) is 1.83. The summed E-state index contributed by atoms with van der Waals surface area (Å²) in [5.41, 5.74) is 1.13. The van der Waals surface area contributed by atoms with Crippen LogP contribution in [0.1, 0.15) is 16.8 Å². The number of H-pyrrole nitrogens is 1. The third-order valence-electron chi connectivity index (χ3n) is 2.20. The summed E-state index contributed by atoms with van der Waals surface area (Å²) < 4.78 is 0. The molecule has 0 aliphatic rings. The zero-order valence-corrected chi connectivity index (χ0v) is 7.86. The van der Waals surface area contributed by atoms with E-state index in [0.717, 1.165) is 5.39 Å². The lowest BCUT2D eigenvalue weighted by Crippen LogP contribution is -2.07. The van der Waals surface area contributed by atoms with Gasteiger partial charge in [-0.15, -0.1) is 0 Å². The number of nitrogens with one attached hydrogen (secondary N) is 1. The zero-order valence-electron chi connectivity index (χ0n) is 7.86. The number of Topliss-reactive ketones (excluding diaryl/α,β-unsaturated/α-hetero) is 1. The number of aromatic amines is 1. The lowest BCUT2D eigenvalue weighted by Gasteiger charge is -1.99. The number of ketones is 1. The summed E-state index contributed by atoms with van der Waals surface area (Å²) in [6.45, 7) is 0. The molecule has 0 amide bonds. The molecule has 4 nitrogen and oxygen atoms in total. The first-order valence-corrected chi connectivity index (χ1v) is 4.49. The first-order valence-electron chi connectivity index (χ1n) is 4.49. The van der Waals surface area contributed by atoms with Crippen LogP contribution in [0.5, 0.6) is 0 Å². The van der Waals surface area contributed by atoms with E-state index in [1.54, 1.807) is 18.3 Å². The smallest absolute Gasteiger partial charge is 0.311 e. The van der Waals surface area contributed by atoms with Crippen molar-refractivity contribution in [3.63, 3.8) is 0 Å². The molecule has 1 aromatic carbocycles. The van der Waals surface area contributed by atoms with Crippen molar-refractivity contribution in [3.8, 4) is 0 Å². The van der Waals surface area contributed by atoms with E-state index in [1.165, 1.54) is 0 Å². The molecule has 4 heteroatoms. The van der Waals surface area contributed by atoms with Crippen LogP contribution < -0.4 is 0 Å². The summed E-state index contributed by atoms with van der Waals surface area (Å²) in [6, 6.07) is 7.08. The van der Waals surface area contributed by atoms with Crippen molar-refractivity contribution in [2.24, 2.45) is 0 Å². The molecule has 76 valence electrons. The van der Waals surface area contributed by atoms with E-state index < -0.39 is 12.4 Å². The van der Waals surface area contributed by atoms with Crippen molar-refractivity contribution in [1.82, 2.24) is 4.98 Å². The van der Waals surface area contributed by atoms with Crippen LogP contribution >= 0.6 is 0 Å². The van der Waals surface area contributed by atoms with Gasteiger partial charge in [-0.25, -0.2) is 0 Å². The topological polar surface area (TPSA) is 70.2 Å². The van der Waals surface area contributed by atoms with Gasteiger partial charge in [-0.2, -0.15) is 0 Å². The van der Waals surface area contributed by atoms with Crippen molar-refractivity contribution in [2.45, 2.75) is 6.42 Å². The lowest BCUT2D eigenvalue weighted by molar-refractivity contribution is -0.135. The summed E-state index contributed by atoms with van der Waals surface area (Å²) in [7, 11) is 0. The summed E-state index contributed by atoms with van der Waals surface area (Å²) >= 11 is 0. The first kappa shape index (κ1) is 9.45. The number of hydrogen-bond acceptors (Lipinski definition) is 2. The van der Waals surface area contributed by atoms with Crippen LogP contribution in [0.25, 0.3) is 10.9 Å². The van der Waals surface area contributed by atoms with Gasteiger partial charge in [-0.1, -0.05) is 12.1 Å². The van der Waals surface area contributed by atoms with Gasteiger partial charge < -0.3 is 10.1 Å². The van der Waals surface area contributed by atoms with E-state index in [4.69, 9.17) is 5.11 Å². The number of carbonyl (C=O) groups is 2. The van der Waals surface area contributed by atoms with E-state index in [1.807, 2.05) is 12.1 Å². The molecule has 1 heterocycles. The van der Waals surface area contributed by atoms with Crippen LogP contribution in [0, 0.1) is 0 Å². The van der Waals surface area contributed by atoms with Crippen LogP contribution in [0.3, 0.4) is 0 Å². The Bertz CT molecular complexity index is 527. The summed E-state index contributed by atoms with van der Waals surface area (Å²) in [5, 5.41) is 9.45. The fourth-order valence-electron chi connectivity index (χ4n) is 1.55. The van der Waals surface area contributed by atoms with E-state index in [9.17, 15) is 9.59 Å². The minimum absolute atomic E-state index is 0.379. The third-order valence-corrected chi connectivity index (χ3v) is 2.20. The van der Waals surface area contributed by atoms with Gasteiger partial charge in [-0.3, -0.25) is 9.59 Å². The van der Waals surface area contributed by atoms with Crippen LogP contribution in [-0.4, -0.2) is 21.8 Å². The SMILES string of the molecule is O=C(O)CC(=O)c1cccc2cc[nH]c12. The Hall–Kier alpha value is -2.10. The molecule has 0 atom stereocenters. The maximum Gasteiger partial charge on any atom is 0.311 e. The molecule has 0 fully saturated rings. The number of rotatable bonds is 3. The second-order valence-electron chi connectivity index (χ2n) is 3.24. The van der Waals surface area contributed by atoms with Crippen LogP contribution in [-0.2, 0) is 4.79 Å². The Morgan fingerprint density at radius 2 is 2.07 bits per heavy atom. The van der Waals surface area contributed by atoms with Crippen LogP contribution in [0.4, 0.5) is 0 Å². The highest BCUT2D eigenvalue weighted by Gasteiger charge is 2.13. The summed E-state index contributed by atoms with van der Waals surface area (Å²) in [5.74, 6) is -1.49. The highest BCUT2D eigenvalue weighted by Crippen LogP contribution is 2.18. The van der Waals surface area contributed by atoms with Crippen LogP contribution in [0.15, 0.2) is 30.5 Å². The van der Waals surface area contributed by atoms with E-state index in [2.05, 4.69) is 4.98 Å². The largest absolute Gasteiger partial charge is 0.481 e. The maximum absolute atomic E-state index is 11.6. The second-order valence-corrected chi connectivity index (χ2v) is 3.24. The quantitative estimate of drug-likeness (QED) is 0.590. The average molecular weight is 203 g/mol. The minimum atomic E-state index is -1.11. The summed E-state index contributed by atoms with van der Waals surface area (Å²) in [6.07, 6.45) is 1.25. The molecule has 0 bridgehead atoms. The van der Waals surface area contributed by atoms with Crippen molar-refractivity contribution >= 4 is 22.7 Å². The number of para-hydroxylation sites is 1. The number of carbonyl (C=O) groups excluding carboxylic acids is 1. The van der Waals surface area contributed by atoms with Gasteiger partial charge in [0.2, 0.25) is 0 Å². The minimum Gasteiger partial charge on any atom is -0.481 e. The number of aromatic nitrogens is 1. The maximum atomic E-state index is 11.6. The lowest BCUT2D eigenvalue weighted by atomic mass is 10.1. The number of carboxylic acid groups (broad SMARTS) is 1. The molecule has 0 aliphatic heterocycles. The molecule has 0 spiro atoms. The highest BCUT2D eigenvalue weighted by atomic mass is 16.4. The van der Waals surface area contributed by atoms with E-state index >= 15 is 0 Å². The van der Waals surface area contributed by atoms with Gasteiger partial charge in [0.1, 0.15) is 6.42 Å². The van der Waals surface area contributed by atoms with Gasteiger partial charge >= 0.3 is 5.97 Å². The van der Waals surface area contributed by atoms with Gasteiger partial charge in [-0.05, 0) is 12.1 Å². The molecular formula is C11H9NO3. The molecule has 15 heavy (non-hydrogen) atoms. The molecule has 2 N–H and O–H groups in total. The molecule has 2 rings (SSSR count). The third kappa shape index (κ3) is 1.74. The highest BCUT2D eigenvalue weighted by molar-refractivity contribution is 6.12. The molecule has 0 aliphatic carbocycles. The van der Waals surface area contributed by atoms with Gasteiger partial charge in [0, 0.05) is 17.1 Å². The first-order chi connectivity index (χ1) is 7.18. The molecule has 0 unspecified atom stereocenters. The van der Waals surface area contributed by atoms with Gasteiger partial charge in [0.05, 0.1) is 5.52 Å². The van der Waals surface area contributed by atoms with Crippen molar-refractivity contribution < 1.29 is 14.7 Å². The predicted molar refractivity (Wildman–Crippen MR) is 54.9 cm³/mol. The number of benzene rings is 1. The molecular weight excluding hydrogens is 194 g/mol. The number of carboxylic acids is 1. The second kappa shape index (κ2) is 3.57. The Morgan fingerprint density at radius 1 is 1.27 bits per heavy atom. The Morgan fingerprint density at radius 3 is 2.80 bits per heavy atom. The standard InChI is InChI=1S/C11H9NO3/c13-9(6-10(14)15)8-3-1-2-7-4-5-12-11(7)8/h1-5,12H,6H2,(H,14,15). The average Bonchev–Trinajstić information content (AvgIpc) is 2.63. The van der Waals surface area contributed by atoms with Gasteiger partial charge in [0.15, 0.2) is 5.78 Å². The van der Waals surface area contributed by atoms with E-state index in [0.29, 0.717) is 11.1 Å². The molecule has 2 aromatic rings. The number of fused-ring (bicyclic) bond motifs is 1.